The van der Waals surface area contributed by atoms with Gasteiger partial charge in [-0.25, -0.2) is 4.98 Å². The molecule has 0 aliphatic rings. The van der Waals surface area contributed by atoms with E-state index in [0.29, 0.717) is 16.4 Å². The number of alkyl halides is 3. The third-order valence-corrected chi connectivity index (χ3v) is 6.64. The van der Waals surface area contributed by atoms with Crippen molar-refractivity contribution in [2.75, 3.05) is 17.2 Å². The van der Waals surface area contributed by atoms with Gasteiger partial charge in [-0.05, 0) is 80.4 Å². The average Bonchev–Trinajstić information content (AvgIpc) is 3.24. The van der Waals surface area contributed by atoms with Gasteiger partial charge in [-0.2, -0.15) is 13.2 Å². The van der Waals surface area contributed by atoms with E-state index in [9.17, 15) is 22.8 Å². The SMILES string of the molecule is Cc1ccc(-c2nc(NC(=O)c3ccc(OCC(=O)Nc4cccc(C(F)(F)F)c4)cc3)sc2C)cc1C. The topological polar surface area (TPSA) is 80.3 Å². The molecule has 0 aliphatic carbocycles. The number of hydrogen-bond donors (Lipinski definition) is 2. The third kappa shape index (κ3) is 6.57. The highest BCUT2D eigenvalue weighted by molar-refractivity contribution is 7.16. The van der Waals surface area contributed by atoms with Crippen molar-refractivity contribution in [3.05, 3.63) is 93.9 Å². The van der Waals surface area contributed by atoms with Crippen LogP contribution in [0.2, 0.25) is 0 Å². The molecule has 196 valence electrons. The van der Waals surface area contributed by atoms with E-state index >= 15 is 0 Å². The van der Waals surface area contributed by atoms with Gasteiger partial charge in [0.2, 0.25) is 0 Å². The lowest BCUT2D eigenvalue weighted by molar-refractivity contribution is -0.137. The molecule has 0 fully saturated rings. The minimum absolute atomic E-state index is 0.0125. The van der Waals surface area contributed by atoms with Gasteiger partial charge < -0.3 is 10.1 Å². The van der Waals surface area contributed by atoms with E-state index in [-0.39, 0.29) is 11.6 Å². The van der Waals surface area contributed by atoms with Crippen LogP contribution in [-0.4, -0.2) is 23.4 Å². The number of carbonyl (C=O) groups excluding carboxylic acids is 2. The maximum absolute atomic E-state index is 12.8. The number of aryl methyl sites for hydroxylation is 3. The van der Waals surface area contributed by atoms with Crippen LogP contribution in [0.15, 0.2) is 66.7 Å². The third-order valence-electron chi connectivity index (χ3n) is 5.76. The van der Waals surface area contributed by atoms with E-state index in [4.69, 9.17) is 4.74 Å². The number of anilines is 2. The monoisotopic (exact) mass is 539 g/mol. The summed E-state index contributed by atoms with van der Waals surface area (Å²) in [6, 6.07) is 16.6. The molecule has 0 spiro atoms. The molecule has 10 heteroatoms. The Morgan fingerprint density at radius 1 is 0.921 bits per heavy atom. The van der Waals surface area contributed by atoms with Crippen molar-refractivity contribution in [2.45, 2.75) is 26.9 Å². The molecule has 0 saturated heterocycles. The average molecular weight is 540 g/mol. The molecule has 0 saturated carbocycles. The number of hydrogen-bond acceptors (Lipinski definition) is 5. The second-order valence-corrected chi connectivity index (χ2v) is 9.82. The maximum atomic E-state index is 12.8. The molecule has 4 rings (SSSR count). The van der Waals surface area contributed by atoms with Gasteiger partial charge in [0.25, 0.3) is 11.8 Å². The molecule has 3 aromatic carbocycles. The Labute approximate surface area is 221 Å². The summed E-state index contributed by atoms with van der Waals surface area (Å²) in [5, 5.41) is 5.66. The molecule has 2 amide bonds. The van der Waals surface area contributed by atoms with Crippen molar-refractivity contribution in [2.24, 2.45) is 0 Å². The Balaban J connectivity index is 1.33. The van der Waals surface area contributed by atoms with Crippen molar-refractivity contribution in [1.29, 1.82) is 0 Å². The summed E-state index contributed by atoms with van der Waals surface area (Å²) in [7, 11) is 0. The van der Waals surface area contributed by atoms with Gasteiger partial charge in [-0.1, -0.05) is 18.2 Å². The van der Waals surface area contributed by atoms with E-state index in [1.54, 1.807) is 12.1 Å². The number of carbonyl (C=O) groups is 2. The van der Waals surface area contributed by atoms with Gasteiger partial charge in [0.05, 0.1) is 11.3 Å². The highest BCUT2D eigenvalue weighted by atomic mass is 32.1. The molecular formula is C28H24F3N3O3S. The normalized spacial score (nSPS) is 11.2. The number of aromatic nitrogens is 1. The standard InChI is InChI=1S/C28H24F3N3O3S/c1-16-7-8-20(13-17(16)2)25-18(3)38-27(33-25)34-26(36)19-9-11-23(12-10-19)37-15-24(35)32-22-6-4-5-21(14-22)28(29,30)31/h4-14H,15H2,1-3H3,(H,32,35)(H,33,34,36). The molecule has 38 heavy (non-hydrogen) atoms. The Morgan fingerprint density at radius 2 is 1.66 bits per heavy atom. The van der Waals surface area contributed by atoms with Crippen molar-refractivity contribution in [1.82, 2.24) is 4.98 Å². The highest BCUT2D eigenvalue weighted by Crippen LogP contribution is 2.32. The number of amides is 2. The second kappa shape index (κ2) is 11.1. The quantitative estimate of drug-likeness (QED) is 0.264. The summed E-state index contributed by atoms with van der Waals surface area (Å²) in [5.41, 5.74) is 3.68. The van der Waals surface area contributed by atoms with Gasteiger partial charge in [0, 0.05) is 21.7 Å². The summed E-state index contributed by atoms with van der Waals surface area (Å²) in [4.78, 5) is 30.4. The van der Waals surface area contributed by atoms with Gasteiger partial charge >= 0.3 is 6.18 Å². The first-order chi connectivity index (χ1) is 18.0. The molecule has 1 heterocycles. The Kier molecular flexibility index (Phi) is 7.82. The molecule has 2 N–H and O–H groups in total. The van der Waals surface area contributed by atoms with E-state index in [0.717, 1.165) is 33.8 Å². The van der Waals surface area contributed by atoms with E-state index in [1.165, 1.54) is 41.2 Å². The fraction of sp³-hybridized carbons (Fsp3) is 0.179. The highest BCUT2D eigenvalue weighted by Gasteiger charge is 2.30. The van der Waals surface area contributed by atoms with Crippen LogP contribution in [0, 0.1) is 20.8 Å². The molecule has 6 nitrogen and oxygen atoms in total. The maximum Gasteiger partial charge on any atom is 0.416 e. The van der Waals surface area contributed by atoms with E-state index in [1.807, 2.05) is 32.9 Å². The summed E-state index contributed by atoms with van der Waals surface area (Å²) >= 11 is 1.38. The summed E-state index contributed by atoms with van der Waals surface area (Å²) in [5.74, 6) is -0.646. The van der Waals surface area contributed by atoms with Gasteiger partial charge in [0.15, 0.2) is 11.7 Å². The molecule has 0 atom stereocenters. The van der Waals surface area contributed by atoms with Crippen molar-refractivity contribution in [3.63, 3.8) is 0 Å². The minimum Gasteiger partial charge on any atom is -0.484 e. The predicted molar refractivity (Wildman–Crippen MR) is 142 cm³/mol. The van der Waals surface area contributed by atoms with Crippen molar-refractivity contribution >= 4 is 34.0 Å². The zero-order chi connectivity index (χ0) is 27.4. The Hall–Kier alpha value is -4.18. The first kappa shape index (κ1) is 26.9. The second-order valence-electron chi connectivity index (χ2n) is 8.62. The minimum atomic E-state index is -4.51. The first-order valence-corrected chi connectivity index (χ1v) is 12.4. The number of nitrogens with zero attached hydrogens (tertiary/aromatic N) is 1. The van der Waals surface area contributed by atoms with Gasteiger partial charge in [0.1, 0.15) is 5.75 Å². The van der Waals surface area contributed by atoms with E-state index < -0.39 is 24.3 Å². The Morgan fingerprint density at radius 3 is 2.34 bits per heavy atom. The van der Waals surface area contributed by atoms with Crippen LogP contribution in [0.1, 0.15) is 31.9 Å². The molecule has 0 unspecified atom stereocenters. The van der Waals surface area contributed by atoms with Gasteiger partial charge in [-0.3, -0.25) is 14.9 Å². The number of halogens is 3. The fourth-order valence-corrected chi connectivity index (χ4v) is 4.43. The molecule has 0 aliphatic heterocycles. The lowest BCUT2D eigenvalue weighted by Crippen LogP contribution is -2.20. The number of thiazole rings is 1. The van der Waals surface area contributed by atoms with Crippen LogP contribution in [0.25, 0.3) is 11.3 Å². The number of ether oxygens (including phenoxy) is 1. The molecule has 4 aromatic rings. The number of benzene rings is 3. The fourth-order valence-electron chi connectivity index (χ4n) is 3.60. The summed E-state index contributed by atoms with van der Waals surface area (Å²) in [6.07, 6.45) is -4.51. The molecule has 0 bridgehead atoms. The van der Waals surface area contributed by atoms with Crippen molar-refractivity contribution in [3.8, 4) is 17.0 Å². The Bertz CT molecular complexity index is 1480. The van der Waals surface area contributed by atoms with Crippen LogP contribution in [-0.2, 0) is 11.0 Å². The lowest BCUT2D eigenvalue weighted by Gasteiger charge is -2.11. The number of nitrogens with one attached hydrogen (secondary N) is 2. The largest absolute Gasteiger partial charge is 0.484 e. The molecular weight excluding hydrogens is 515 g/mol. The van der Waals surface area contributed by atoms with Crippen molar-refractivity contribution < 1.29 is 27.5 Å². The number of rotatable bonds is 7. The van der Waals surface area contributed by atoms with E-state index in [2.05, 4.69) is 21.7 Å². The smallest absolute Gasteiger partial charge is 0.416 e. The van der Waals surface area contributed by atoms with Crippen LogP contribution < -0.4 is 15.4 Å². The molecule has 0 radical (unpaired) electrons. The van der Waals surface area contributed by atoms with Crippen LogP contribution in [0.4, 0.5) is 24.0 Å². The van der Waals surface area contributed by atoms with Gasteiger partial charge in [-0.15, -0.1) is 11.3 Å². The van der Waals surface area contributed by atoms with Crippen LogP contribution in [0.5, 0.6) is 5.75 Å². The predicted octanol–water partition coefficient (Wildman–Crippen LogP) is 7.02. The zero-order valence-corrected chi connectivity index (χ0v) is 21.6. The zero-order valence-electron chi connectivity index (χ0n) is 20.8. The van der Waals surface area contributed by atoms with Crippen LogP contribution in [0.3, 0.4) is 0 Å². The van der Waals surface area contributed by atoms with Crippen LogP contribution >= 0.6 is 11.3 Å². The molecule has 1 aromatic heterocycles. The summed E-state index contributed by atoms with van der Waals surface area (Å²) < 4.78 is 43.9. The summed E-state index contributed by atoms with van der Waals surface area (Å²) in [6.45, 7) is 5.62. The lowest BCUT2D eigenvalue weighted by atomic mass is 10.0. The first-order valence-electron chi connectivity index (χ1n) is 11.6.